The molecule has 2 aliphatic rings. The number of aryl methyl sites for hydroxylation is 1. The number of halogens is 1. The normalized spacial score (nSPS) is 17.6. The minimum Gasteiger partial charge on any atom is -0.497 e. The predicted octanol–water partition coefficient (Wildman–Crippen LogP) is 2.33. The number of ether oxygens (including phenoxy) is 1. The zero-order valence-electron chi connectivity index (χ0n) is 18.5. The highest BCUT2D eigenvalue weighted by atomic mass is 127. The number of rotatable bonds is 6. The van der Waals surface area contributed by atoms with E-state index in [1.807, 2.05) is 17.0 Å². The molecule has 0 spiro atoms. The van der Waals surface area contributed by atoms with Crippen molar-refractivity contribution in [3.63, 3.8) is 0 Å². The summed E-state index contributed by atoms with van der Waals surface area (Å²) in [4.78, 5) is 23.8. The van der Waals surface area contributed by atoms with E-state index >= 15 is 0 Å². The minimum absolute atomic E-state index is 0. The van der Waals surface area contributed by atoms with Crippen LogP contribution in [0.25, 0.3) is 0 Å². The van der Waals surface area contributed by atoms with Crippen LogP contribution in [0.15, 0.2) is 23.2 Å². The largest absolute Gasteiger partial charge is 0.497 e. The molecule has 0 atom stereocenters. The van der Waals surface area contributed by atoms with Gasteiger partial charge in [-0.05, 0) is 49.9 Å². The fourth-order valence-corrected chi connectivity index (χ4v) is 4.00. The number of guanidine groups is 1. The Morgan fingerprint density at radius 1 is 1.07 bits per heavy atom. The van der Waals surface area contributed by atoms with E-state index in [1.54, 1.807) is 7.11 Å². The molecule has 2 fully saturated rings. The van der Waals surface area contributed by atoms with Crippen LogP contribution in [0, 0.1) is 6.92 Å². The molecule has 1 N–H and O–H groups in total. The van der Waals surface area contributed by atoms with Gasteiger partial charge in [-0.3, -0.25) is 9.69 Å². The Morgan fingerprint density at radius 3 is 2.40 bits per heavy atom. The first kappa shape index (κ1) is 24.7. The molecule has 30 heavy (non-hydrogen) atoms. The van der Waals surface area contributed by atoms with Crippen LogP contribution in [-0.2, 0) is 11.3 Å². The van der Waals surface area contributed by atoms with Gasteiger partial charge in [0.15, 0.2) is 5.96 Å². The summed E-state index contributed by atoms with van der Waals surface area (Å²) in [6, 6.07) is 6.22. The predicted molar refractivity (Wildman–Crippen MR) is 132 cm³/mol. The number of carbonyl (C=O) groups excluding carboxylic acids is 1. The zero-order chi connectivity index (χ0) is 20.6. The molecule has 1 aromatic rings. The lowest BCUT2D eigenvalue weighted by molar-refractivity contribution is -0.131. The quantitative estimate of drug-likeness (QED) is 0.349. The molecule has 2 saturated heterocycles. The van der Waals surface area contributed by atoms with Gasteiger partial charge in [-0.15, -0.1) is 24.0 Å². The summed E-state index contributed by atoms with van der Waals surface area (Å²) >= 11 is 0. The van der Waals surface area contributed by atoms with E-state index in [9.17, 15) is 4.79 Å². The molecular weight excluding hydrogens is 493 g/mol. The van der Waals surface area contributed by atoms with Crippen LogP contribution >= 0.6 is 24.0 Å². The number of methoxy groups -OCH3 is 1. The average Bonchev–Trinajstić information content (AvgIpc) is 3.26. The van der Waals surface area contributed by atoms with E-state index < -0.39 is 0 Å². The van der Waals surface area contributed by atoms with Crippen molar-refractivity contribution in [3.05, 3.63) is 29.3 Å². The standard InChI is InChI=1S/C22H35N5O2.HI/c1-4-23-22(24-16-19-13-18(2)14-20(15-19)29-3)27-11-9-25(10-12-27)17-21(28)26-7-5-6-8-26;/h13-15H,4-12,16-17H2,1-3H3,(H,23,24);1H. The summed E-state index contributed by atoms with van der Waals surface area (Å²) in [5, 5.41) is 3.42. The van der Waals surface area contributed by atoms with Gasteiger partial charge in [-0.1, -0.05) is 6.07 Å². The lowest BCUT2D eigenvalue weighted by atomic mass is 10.1. The number of nitrogens with zero attached hydrogens (tertiary/aromatic N) is 4. The Kier molecular flexibility index (Phi) is 10.2. The smallest absolute Gasteiger partial charge is 0.236 e. The van der Waals surface area contributed by atoms with Crippen molar-refractivity contribution in [2.24, 2.45) is 4.99 Å². The number of piperazine rings is 1. The van der Waals surface area contributed by atoms with Gasteiger partial charge in [0, 0.05) is 45.8 Å². The Morgan fingerprint density at radius 2 is 1.77 bits per heavy atom. The molecule has 3 rings (SSSR count). The molecular formula is C22H36IN5O2. The van der Waals surface area contributed by atoms with Gasteiger partial charge in [0.1, 0.15) is 5.75 Å². The molecule has 7 nitrogen and oxygen atoms in total. The second-order valence-electron chi connectivity index (χ2n) is 7.88. The molecule has 0 saturated carbocycles. The van der Waals surface area contributed by atoms with Gasteiger partial charge in [0.05, 0.1) is 20.2 Å². The zero-order valence-corrected chi connectivity index (χ0v) is 20.9. The molecule has 1 amide bonds. The fraction of sp³-hybridized carbons (Fsp3) is 0.636. The number of benzene rings is 1. The summed E-state index contributed by atoms with van der Waals surface area (Å²) in [6.45, 7) is 11.6. The van der Waals surface area contributed by atoms with Crippen LogP contribution in [0.4, 0.5) is 0 Å². The van der Waals surface area contributed by atoms with E-state index in [1.165, 1.54) is 5.56 Å². The molecule has 8 heteroatoms. The van der Waals surface area contributed by atoms with Crippen LogP contribution in [0.5, 0.6) is 5.75 Å². The number of hydrogen-bond acceptors (Lipinski definition) is 4. The second-order valence-corrected chi connectivity index (χ2v) is 7.88. The second kappa shape index (κ2) is 12.3. The maximum absolute atomic E-state index is 12.4. The van der Waals surface area contributed by atoms with Crippen LogP contribution in [-0.4, -0.2) is 86.0 Å². The van der Waals surface area contributed by atoms with E-state index in [0.29, 0.717) is 13.1 Å². The summed E-state index contributed by atoms with van der Waals surface area (Å²) in [5.74, 6) is 2.10. The molecule has 2 aliphatic heterocycles. The van der Waals surface area contributed by atoms with Gasteiger partial charge in [0.25, 0.3) is 0 Å². The first-order valence-electron chi connectivity index (χ1n) is 10.8. The van der Waals surface area contributed by atoms with Crippen LogP contribution < -0.4 is 10.1 Å². The Hall–Kier alpha value is -1.55. The summed E-state index contributed by atoms with van der Waals surface area (Å²) < 4.78 is 5.38. The number of carbonyl (C=O) groups is 1. The molecule has 2 heterocycles. The first-order chi connectivity index (χ1) is 14.1. The van der Waals surface area contributed by atoms with Crippen molar-refractivity contribution in [2.45, 2.75) is 33.2 Å². The highest BCUT2D eigenvalue weighted by molar-refractivity contribution is 14.0. The third-order valence-electron chi connectivity index (χ3n) is 5.58. The van der Waals surface area contributed by atoms with E-state index in [2.05, 4.69) is 35.0 Å². The summed E-state index contributed by atoms with van der Waals surface area (Å²) in [5.41, 5.74) is 2.32. The molecule has 1 aromatic carbocycles. The molecule has 168 valence electrons. The SMILES string of the molecule is CCNC(=NCc1cc(C)cc(OC)c1)N1CCN(CC(=O)N2CCCC2)CC1.I. The van der Waals surface area contributed by atoms with E-state index in [4.69, 9.17) is 9.73 Å². The van der Waals surface area contributed by atoms with Crippen molar-refractivity contribution in [3.8, 4) is 5.75 Å². The van der Waals surface area contributed by atoms with Crippen molar-refractivity contribution in [2.75, 3.05) is 59.5 Å². The number of likely N-dealkylation sites (tertiary alicyclic amines) is 1. The number of hydrogen-bond donors (Lipinski definition) is 1. The van der Waals surface area contributed by atoms with E-state index in [-0.39, 0.29) is 29.9 Å². The van der Waals surface area contributed by atoms with Crippen molar-refractivity contribution >= 4 is 35.8 Å². The maximum Gasteiger partial charge on any atom is 0.236 e. The van der Waals surface area contributed by atoms with Gasteiger partial charge in [-0.25, -0.2) is 4.99 Å². The monoisotopic (exact) mass is 529 g/mol. The highest BCUT2D eigenvalue weighted by Crippen LogP contribution is 2.17. The van der Waals surface area contributed by atoms with E-state index in [0.717, 1.165) is 75.9 Å². The lowest BCUT2D eigenvalue weighted by Gasteiger charge is -2.36. The van der Waals surface area contributed by atoms with Crippen molar-refractivity contribution < 1.29 is 9.53 Å². The van der Waals surface area contributed by atoms with Gasteiger partial charge >= 0.3 is 0 Å². The third-order valence-corrected chi connectivity index (χ3v) is 5.58. The molecule has 0 bridgehead atoms. The third kappa shape index (κ3) is 7.01. The van der Waals surface area contributed by atoms with Crippen molar-refractivity contribution in [1.82, 2.24) is 20.0 Å². The first-order valence-corrected chi connectivity index (χ1v) is 10.8. The molecule has 0 aromatic heterocycles. The number of nitrogens with one attached hydrogen (secondary N) is 1. The highest BCUT2D eigenvalue weighted by Gasteiger charge is 2.24. The van der Waals surface area contributed by atoms with Gasteiger partial charge in [-0.2, -0.15) is 0 Å². The fourth-order valence-electron chi connectivity index (χ4n) is 4.00. The molecule has 0 aliphatic carbocycles. The van der Waals surface area contributed by atoms with Crippen molar-refractivity contribution in [1.29, 1.82) is 0 Å². The number of amides is 1. The van der Waals surface area contributed by atoms with Crippen LogP contribution in [0.3, 0.4) is 0 Å². The maximum atomic E-state index is 12.4. The Labute approximate surface area is 197 Å². The van der Waals surface area contributed by atoms with Crippen LogP contribution in [0.1, 0.15) is 30.9 Å². The molecule has 0 unspecified atom stereocenters. The summed E-state index contributed by atoms with van der Waals surface area (Å²) in [7, 11) is 1.69. The van der Waals surface area contributed by atoms with Crippen LogP contribution in [0.2, 0.25) is 0 Å². The van der Waals surface area contributed by atoms with Gasteiger partial charge < -0.3 is 19.9 Å². The summed E-state index contributed by atoms with van der Waals surface area (Å²) in [6.07, 6.45) is 2.30. The van der Waals surface area contributed by atoms with Gasteiger partial charge in [0.2, 0.25) is 5.91 Å². The number of aliphatic imine (C=N–C) groups is 1. The average molecular weight is 529 g/mol. The Balaban J connectivity index is 0.00000320. The topological polar surface area (TPSA) is 60.4 Å². The Bertz CT molecular complexity index is 713. The lowest BCUT2D eigenvalue weighted by Crippen LogP contribution is -2.54. The minimum atomic E-state index is 0. The molecule has 0 radical (unpaired) electrons.